The maximum absolute atomic E-state index is 12.4. The molecule has 4 aromatic rings. The van der Waals surface area contributed by atoms with Gasteiger partial charge < -0.3 is 9.42 Å². The topological polar surface area (TPSA) is 102 Å². The Bertz CT molecular complexity index is 1420. The van der Waals surface area contributed by atoms with Crippen LogP contribution >= 0.6 is 11.3 Å². The summed E-state index contributed by atoms with van der Waals surface area (Å²) in [7, 11) is -3.23. The highest BCUT2D eigenvalue weighted by atomic mass is 32.2. The zero-order valence-electron chi connectivity index (χ0n) is 20.1. The molecule has 1 aliphatic rings. The smallest absolute Gasteiger partial charge is 0.229 e. The van der Waals surface area contributed by atoms with Crippen LogP contribution in [0.4, 0.5) is 5.82 Å². The fraction of sp³-hybridized carbons (Fsp3) is 0.440. The summed E-state index contributed by atoms with van der Waals surface area (Å²) in [5.74, 6) is 3.13. The van der Waals surface area contributed by atoms with E-state index in [1.807, 2.05) is 19.1 Å². The van der Waals surface area contributed by atoms with Crippen LogP contribution in [0, 0.1) is 0 Å². The molecule has 1 aliphatic heterocycles. The fourth-order valence-corrected chi connectivity index (χ4v) is 6.85. The molecule has 0 N–H and O–H groups in total. The van der Waals surface area contributed by atoms with Gasteiger partial charge in [0.05, 0.1) is 20.9 Å². The Balaban J connectivity index is 1.36. The standard InChI is InChI=1S/C25H29N5O3S2/c1-4-13-35(31,32)19-7-5-17(6-8-19)20-14-34-22-21(20)26-15-27-24(22)30-11-9-18(10-12-30)25-28-23(16(2)3)29-33-25/h5-8,14-16,18H,4,9-13H2,1-3H3. The largest absolute Gasteiger partial charge is 0.355 e. The van der Waals surface area contributed by atoms with Crippen LogP contribution in [0.1, 0.15) is 63.6 Å². The van der Waals surface area contributed by atoms with Gasteiger partial charge in [-0.05, 0) is 37.0 Å². The van der Waals surface area contributed by atoms with Crippen molar-refractivity contribution in [2.24, 2.45) is 0 Å². The second kappa shape index (κ2) is 9.66. The van der Waals surface area contributed by atoms with Crippen molar-refractivity contribution >= 4 is 37.2 Å². The number of thiophene rings is 1. The molecule has 8 nitrogen and oxygen atoms in total. The van der Waals surface area contributed by atoms with Gasteiger partial charge in [-0.25, -0.2) is 18.4 Å². The number of aromatic nitrogens is 4. The van der Waals surface area contributed by atoms with Crippen LogP contribution in [0.25, 0.3) is 21.3 Å². The maximum Gasteiger partial charge on any atom is 0.229 e. The summed E-state index contributed by atoms with van der Waals surface area (Å²) in [6.07, 6.45) is 4.07. The number of benzene rings is 1. The summed E-state index contributed by atoms with van der Waals surface area (Å²) in [5, 5.41) is 6.20. The second-order valence-corrected chi connectivity index (χ2v) is 12.3. The first kappa shape index (κ1) is 23.9. The summed E-state index contributed by atoms with van der Waals surface area (Å²) in [6, 6.07) is 7.12. The first-order valence-corrected chi connectivity index (χ1v) is 14.5. The Hall–Kier alpha value is -2.85. The molecule has 0 radical (unpaired) electrons. The van der Waals surface area contributed by atoms with Crippen LogP contribution in [0.15, 0.2) is 45.4 Å². The minimum Gasteiger partial charge on any atom is -0.355 e. The third-order valence-electron chi connectivity index (χ3n) is 6.45. The van der Waals surface area contributed by atoms with Crippen molar-refractivity contribution in [2.75, 3.05) is 23.7 Å². The lowest BCUT2D eigenvalue weighted by atomic mass is 9.96. The minimum atomic E-state index is -3.23. The predicted octanol–water partition coefficient (Wildman–Crippen LogP) is 5.43. The van der Waals surface area contributed by atoms with Crippen molar-refractivity contribution in [3.8, 4) is 11.1 Å². The van der Waals surface area contributed by atoms with Crippen LogP contribution < -0.4 is 4.90 Å². The van der Waals surface area contributed by atoms with Crippen molar-refractivity contribution in [2.45, 2.75) is 56.8 Å². The molecular formula is C25H29N5O3S2. The first-order chi connectivity index (χ1) is 16.9. The van der Waals surface area contributed by atoms with Gasteiger partial charge in [0, 0.05) is 35.9 Å². The zero-order valence-corrected chi connectivity index (χ0v) is 21.8. The molecule has 35 heavy (non-hydrogen) atoms. The molecule has 184 valence electrons. The maximum atomic E-state index is 12.4. The SMILES string of the molecule is CCCS(=O)(=O)c1ccc(-c2csc3c(N4CCC(c5nc(C(C)C)no5)CC4)ncnc23)cc1. The number of anilines is 1. The van der Waals surface area contributed by atoms with Crippen LogP contribution in [0.3, 0.4) is 0 Å². The van der Waals surface area contributed by atoms with E-state index < -0.39 is 9.84 Å². The van der Waals surface area contributed by atoms with Gasteiger partial charge in [-0.1, -0.05) is 38.1 Å². The normalized spacial score (nSPS) is 15.4. The van der Waals surface area contributed by atoms with Gasteiger partial charge in [0.2, 0.25) is 5.89 Å². The van der Waals surface area contributed by atoms with Gasteiger partial charge in [0.1, 0.15) is 12.1 Å². The molecule has 0 amide bonds. The van der Waals surface area contributed by atoms with E-state index in [9.17, 15) is 8.42 Å². The predicted molar refractivity (Wildman–Crippen MR) is 138 cm³/mol. The molecule has 0 unspecified atom stereocenters. The zero-order chi connectivity index (χ0) is 24.6. The van der Waals surface area contributed by atoms with Crippen LogP contribution in [0.5, 0.6) is 0 Å². The molecule has 0 saturated carbocycles. The number of piperidine rings is 1. The second-order valence-electron chi connectivity index (χ2n) is 9.27. The monoisotopic (exact) mass is 511 g/mol. The highest BCUT2D eigenvalue weighted by Crippen LogP contribution is 2.39. The molecule has 3 aromatic heterocycles. The van der Waals surface area contributed by atoms with E-state index in [2.05, 4.69) is 44.2 Å². The van der Waals surface area contributed by atoms with Crippen molar-refractivity contribution in [3.63, 3.8) is 0 Å². The van der Waals surface area contributed by atoms with Crippen molar-refractivity contribution in [3.05, 3.63) is 47.7 Å². The van der Waals surface area contributed by atoms with Gasteiger partial charge in [-0.15, -0.1) is 11.3 Å². The molecular weight excluding hydrogens is 482 g/mol. The Morgan fingerprint density at radius 1 is 1.14 bits per heavy atom. The van der Waals surface area contributed by atoms with E-state index in [0.29, 0.717) is 11.3 Å². The lowest BCUT2D eigenvalue weighted by molar-refractivity contribution is 0.326. The molecule has 0 spiro atoms. The van der Waals surface area contributed by atoms with E-state index in [1.165, 1.54) is 0 Å². The molecule has 1 fully saturated rings. The Kier molecular flexibility index (Phi) is 6.59. The highest BCUT2D eigenvalue weighted by molar-refractivity contribution is 7.91. The van der Waals surface area contributed by atoms with Crippen LogP contribution in [-0.4, -0.2) is 47.4 Å². The Labute approximate surface area is 209 Å². The van der Waals surface area contributed by atoms with Crippen molar-refractivity contribution in [1.82, 2.24) is 20.1 Å². The lowest BCUT2D eigenvalue weighted by Crippen LogP contribution is -2.33. The third kappa shape index (κ3) is 4.69. The number of hydrogen-bond donors (Lipinski definition) is 0. The number of sulfone groups is 1. The molecule has 4 heterocycles. The molecule has 1 aromatic carbocycles. The quantitative estimate of drug-likeness (QED) is 0.324. The van der Waals surface area contributed by atoms with Gasteiger partial charge in [-0.2, -0.15) is 4.98 Å². The molecule has 0 atom stereocenters. The van der Waals surface area contributed by atoms with Gasteiger partial charge in [0.15, 0.2) is 15.7 Å². The average Bonchev–Trinajstić information content (AvgIpc) is 3.52. The third-order valence-corrected chi connectivity index (χ3v) is 9.35. The minimum absolute atomic E-state index is 0.159. The number of fused-ring (bicyclic) bond motifs is 1. The molecule has 1 saturated heterocycles. The van der Waals surface area contributed by atoms with Gasteiger partial charge in [-0.3, -0.25) is 0 Å². The van der Waals surface area contributed by atoms with Crippen LogP contribution in [0.2, 0.25) is 0 Å². The van der Waals surface area contributed by atoms with E-state index in [1.54, 1.807) is 29.8 Å². The number of hydrogen-bond acceptors (Lipinski definition) is 9. The summed E-state index contributed by atoms with van der Waals surface area (Å²) < 4.78 is 31.3. The van der Waals surface area contributed by atoms with Crippen molar-refractivity contribution < 1.29 is 12.9 Å². The molecule has 10 heteroatoms. The highest BCUT2D eigenvalue weighted by Gasteiger charge is 2.28. The van der Waals surface area contributed by atoms with E-state index in [4.69, 9.17) is 4.52 Å². The van der Waals surface area contributed by atoms with Gasteiger partial charge >= 0.3 is 0 Å². The van der Waals surface area contributed by atoms with E-state index in [0.717, 1.165) is 64.8 Å². The molecule has 0 bridgehead atoms. The Morgan fingerprint density at radius 3 is 2.54 bits per heavy atom. The Morgan fingerprint density at radius 2 is 1.89 bits per heavy atom. The fourth-order valence-electron chi connectivity index (χ4n) is 4.48. The first-order valence-electron chi connectivity index (χ1n) is 12.0. The van der Waals surface area contributed by atoms with E-state index in [-0.39, 0.29) is 17.6 Å². The lowest BCUT2D eigenvalue weighted by Gasteiger charge is -2.31. The number of rotatable bonds is 7. The van der Waals surface area contributed by atoms with E-state index >= 15 is 0 Å². The van der Waals surface area contributed by atoms with Gasteiger partial charge in [0.25, 0.3) is 0 Å². The summed E-state index contributed by atoms with van der Waals surface area (Å²) >= 11 is 1.62. The molecule has 0 aliphatic carbocycles. The summed E-state index contributed by atoms with van der Waals surface area (Å²) in [6.45, 7) is 7.71. The average molecular weight is 512 g/mol. The van der Waals surface area contributed by atoms with Crippen LogP contribution in [-0.2, 0) is 9.84 Å². The van der Waals surface area contributed by atoms with Crippen molar-refractivity contribution in [1.29, 1.82) is 0 Å². The molecule has 5 rings (SSSR count). The number of nitrogens with zero attached hydrogens (tertiary/aromatic N) is 5. The summed E-state index contributed by atoms with van der Waals surface area (Å²) in [5.41, 5.74) is 2.84. The summed E-state index contributed by atoms with van der Waals surface area (Å²) in [4.78, 5) is 16.5.